The van der Waals surface area contributed by atoms with Gasteiger partial charge >= 0.3 is 11.7 Å². The Bertz CT molecular complexity index is 1390. The summed E-state index contributed by atoms with van der Waals surface area (Å²) in [4.78, 5) is 42.9. The molecular weight excluding hydrogens is 418 g/mol. The van der Waals surface area contributed by atoms with Gasteiger partial charge in [0, 0.05) is 18.8 Å². The lowest BCUT2D eigenvalue weighted by molar-refractivity contribution is 0.0531. The molecule has 1 aromatic carbocycles. The van der Waals surface area contributed by atoms with Gasteiger partial charge < -0.3 is 14.5 Å². The van der Waals surface area contributed by atoms with E-state index in [1.807, 2.05) is 30.5 Å². The van der Waals surface area contributed by atoms with Crippen molar-refractivity contribution in [2.24, 2.45) is 0 Å². The van der Waals surface area contributed by atoms with E-state index >= 15 is 0 Å². The van der Waals surface area contributed by atoms with Crippen LogP contribution in [0.15, 0.2) is 40.1 Å². The molecule has 3 heterocycles. The quantitative estimate of drug-likeness (QED) is 0.445. The fraction of sp³-hybridized carbons (Fsp3) is 0.318. The molecule has 0 spiro atoms. The third-order valence-electron chi connectivity index (χ3n) is 5.23. The van der Waals surface area contributed by atoms with Gasteiger partial charge in [-0.1, -0.05) is 6.07 Å². The number of carbonyl (C=O) groups is 1. The van der Waals surface area contributed by atoms with Crippen molar-refractivity contribution in [3.8, 4) is 0 Å². The van der Waals surface area contributed by atoms with E-state index in [1.165, 1.54) is 11.7 Å². The molecule has 4 rings (SSSR count). The summed E-state index contributed by atoms with van der Waals surface area (Å²) in [5.74, 6) is -0.489. The first-order chi connectivity index (χ1) is 15.0. The van der Waals surface area contributed by atoms with Crippen LogP contribution >= 0.6 is 11.3 Å². The number of rotatable bonds is 7. The molecule has 31 heavy (non-hydrogen) atoms. The highest BCUT2D eigenvalue weighted by Crippen LogP contribution is 2.29. The lowest BCUT2D eigenvalue weighted by Crippen LogP contribution is -2.40. The molecule has 0 fully saturated rings. The summed E-state index contributed by atoms with van der Waals surface area (Å²) in [6.07, 6.45) is 1.86. The topological polar surface area (TPSA) is 95.3 Å². The van der Waals surface area contributed by atoms with Crippen molar-refractivity contribution < 1.29 is 14.3 Å². The second-order valence-corrected chi connectivity index (χ2v) is 8.17. The van der Waals surface area contributed by atoms with E-state index in [0.717, 1.165) is 27.8 Å². The highest BCUT2D eigenvalue weighted by Gasteiger charge is 2.24. The van der Waals surface area contributed by atoms with Crippen molar-refractivity contribution in [2.75, 3.05) is 20.3 Å². The second-order valence-electron chi connectivity index (χ2n) is 7.17. The second kappa shape index (κ2) is 8.52. The zero-order valence-corrected chi connectivity index (χ0v) is 18.4. The predicted molar refractivity (Wildman–Crippen MR) is 120 cm³/mol. The molecule has 1 N–H and O–H groups in total. The number of aromatic amines is 1. The normalized spacial score (nSPS) is 11.5. The van der Waals surface area contributed by atoms with E-state index in [4.69, 9.17) is 9.47 Å². The molecule has 0 unspecified atom stereocenters. The van der Waals surface area contributed by atoms with Gasteiger partial charge in [-0.15, -0.1) is 11.3 Å². The smallest absolute Gasteiger partial charge is 0.348 e. The predicted octanol–water partition coefficient (Wildman–Crippen LogP) is 2.89. The van der Waals surface area contributed by atoms with Crippen molar-refractivity contribution in [1.82, 2.24) is 14.1 Å². The van der Waals surface area contributed by atoms with Gasteiger partial charge in [0.2, 0.25) is 0 Å². The van der Waals surface area contributed by atoms with Crippen molar-refractivity contribution in [3.63, 3.8) is 0 Å². The number of methoxy groups -OCH3 is 1. The highest BCUT2D eigenvalue weighted by atomic mass is 32.1. The van der Waals surface area contributed by atoms with E-state index in [1.54, 1.807) is 18.4 Å². The first-order valence-corrected chi connectivity index (χ1v) is 10.8. The van der Waals surface area contributed by atoms with E-state index in [-0.39, 0.29) is 26.3 Å². The molecule has 3 aromatic heterocycles. The average Bonchev–Trinajstić information content (AvgIpc) is 3.35. The number of carbonyl (C=O) groups excluding carboxylic acids is 1. The van der Waals surface area contributed by atoms with Crippen molar-refractivity contribution in [1.29, 1.82) is 0 Å². The van der Waals surface area contributed by atoms with Gasteiger partial charge in [-0.05, 0) is 48.6 Å². The zero-order chi connectivity index (χ0) is 22.1. The minimum Gasteiger partial charge on any atom is -0.462 e. The number of esters is 1. The Hall–Kier alpha value is -3.17. The molecule has 0 bridgehead atoms. The Balaban J connectivity index is 1.94. The first-order valence-electron chi connectivity index (χ1n) is 9.95. The number of fused-ring (bicyclic) bond motifs is 2. The molecule has 0 saturated carbocycles. The summed E-state index contributed by atoms with van der Waals surface area (Å²) in [6, 6.07) is 7.86. The summed E-state index contributed by atoms with van der Waals surface area (Å²) in [6.45, 7) is 4.30. The van der Waals surface area contributed by atoms with Crippen LogP contribution in [0.2, 0.25) is 0 Å². The van der Waals surface area contributed by atoms with E-state index in [2.05, 4.69) is 4.98 Å². The molecule has 4 aromatic rings. The maximum atomic E-state index is 13.3. The Kier molecular flexibility index (Phi) is 5.79. The van der Waals surface area contributed by atoms with Gasteiger partial charge in [0.05, 0.1) is 31.7 Å². The Morgan fingerprint density at radius 3 is 2.74 bits per heavy atom. The summed E-state index contributed by atoms with van der Waals surface area (Å²) >= 11 is 1.12. The molecule has 0 radical (unpaired) electrons. The number of hydrogen-bond donors (Lipinski definition) is 1. The minimum absolute atomic E-state index is 0.130. The van der Waals surface area contributed by atoms with E-state index < -0.39 is 17.2 Å². The molecular formula is C22H23N3O5S. The van der Waals surface area contributed by atoms with Gasteiger partial charge in [0.1, 0.15) is 9.71 Å². The molecule has 0 aliphatic rings. The van der Waals surface area contributed by atoms with Gasteiger partial charge in [0.15, 0.2) is 0 Å². The molecule has 9 heteroatoms. The van der Waals surface area contributed by atoms with Crippen LogP contribution in [0.3, 0.4) is 0 Å². The Morgan fingerprint density at radius 1 is 1.19 bits per heavy atom. The van der Waals surface area contributed by atoms with Crippen LogP contribution in [0.5, 0.6) is 0 Å². The number of nitrogens with zero attached hydrogens (tertiary/aromatic N) is 2. The van der Waals surface area contributed by atoms with Crippen molar-refractivity contribution >= 4 is 38.4 Å². The number of H-pyrrole nitrogens is 1. The zero-order valence-electron chi connectivity index (χ0n) is 17.6. The maximum absolute atomic E-state index is 13.3. The SMILES string of the molecule is CCOC(=O)c1sc2c(c1C)c(=O)n(CCOC)c(=O)n2Cc1ccc2[nH]ccc2c1. The minimum atomic E-state index is -0.489. The standard InChI is InChI=1S/C22H23N3O5S/c1-4-30-21(27)18-13(2)17-19(26)24(9-10-29-3)22(28)25(20(17)31-18)12-14-5-6-16-15(11-14)7-8-23-16/h5-8,11,23H,4,9-10,12H2,1-3H3. The fourth-order valence-corrected chi connectivity index (χ4v) is 4.87. The average molecular weight is 442 g/mol. The molecule has 0 amide bonds. The maximum Gasteiger partial charge on any atom is 0.348 e. The van der Waals surface area contributed by atoms with Crippen LogP contribution in [0.4, 0.5) is 0 Å². The number of thiophene rings is 1. The van der Waals surface area contributed by atoms with Gasteiger partial charge in [0.25, 0.3) is 5.56 Å². The first kappa shape index (κ1) is 21.1. The number of benzene rings is 1. The molecule has 162 valence electrons. The van der Waals surface area contributed by atoms with Crippen LogP contribution in [0.1, 0.15) is 27.7 Å². The molecule has 0 saturated heterocycles. The monoisotopic (exact) mass is 441 g/mol. The van der Waals surface area contributed by atoms with Crippen LogP contribution < -0.4 is 11.2 Å². The van der Waals surface area contributed by atoms with Gasteiger partial charge in [-0.25, -0.2) is 9.59 Å². The van der Waals surface area contributed by atoms with Crippen LogP contribution in [-0.2, 0) is 22.6 Å². The van der Waals surface area contributed by atoms with Gasteiger partial charge in [-0.3, -0.25) is 13.9 Å². The number of aryl methyl sites for hydroxylation is 1. The summed E-state index contributed by atoms with van der Waals surface area (Å²) in [7, 11) is 1.52. The van der Waals surface area contributed by atoms with Gasteiger partial charge in [-0.2, -0.15) is 0 Å². The lowest BCUT2D eigenvalue weighted by Gasteiger charge is -2.12. The molecule has 0 aliphatic carbocycles. The van der Waals surface area contributed by atoms with Crippen molar-refractivity contribution in [2.45, 2.75) is 26.9 Å². The van der Waals surface area contributed by atoms with E-state index in [9.17, 15) is 14.4 Å². The molecule has 0 atom stereocenters. The summed E-state index contributed by atoms with van der Waals surface area (Å²) in [5.41, 5.74) is 1.60. The summed E-state index contributed by atoms with van der Waals surface area (Å²) < 4.78 is 13.0. The number of aromatic nitrogens is 3. The lowest BCUT2D eigenvalue weighted by atomic mass is 10.1. The largest absolute Gasteiger partial charge is 0.462 e. The van der Waals surface area contributed by atoms with Crippen LogP contribution in [0, 0.1) is 6.92 Å². The molecule has 0 aliphatic heterocycles. The Morgan fingerprint density at radius 2 is 2.00 bits per heavy atom. The molecule has 8 nitrogen and oxygen atoms in total. The third-order valence-corrected chi connectivity index (χ3v) is 6.53. The highest BCUT2D eigenvalue weighted by molar-refractivity contribution is 7.20. The Labute approximate surface area is 181 Å². The van der Waals surface area contributed by atoms with Crippen LogP contribution in [-0.4, -0.2) is 40.4 Å². The third kappa shape index (κ3) is 3.70. The summed E-state index contributed by atoms with van der Waals surface area (Å²) in [5, 5.41) is 1.40. The number of nitrogens with one attached hydrogen (secondary N) is 1. The van der Waals surface area contributed by atoms with Crippen LogP contribution in [0.25, 0.3) is 21.1 Å². The number of ether oxygens (including phenoxy) is 2. The van der Waals surface area contributed by atoms with E-state index in [0.29, 0.717) is 20.7 Å². The van der Waals surface area contributed by atoms with Crippen molar-refractivity contribution in [3.05, 3.63) is 67.3 Å². The fourth-order valence-electron chi connectivity index (χ4n) is 3.69. The number of hydrogen-bond acceptors (Lipinski definition) is 6.